The van der Waals surface area contributed by atoms with E-state index in [1.165, 1.54) is 11.3 Å². The standard InChI is InChI=1S/C18H21N3/c19-18-11-16(12-20-18)14-21(17-9-5-2-6-10-17)13-15-7-3-1-4-8-15/h1-11,16,20H,12-14,19H2/t16-/m0/s1. The number of nitrogens with zero attached hydrogens (tertiary/aromatic N) is 1. The maximum atomic E-state index is 5.82. The van der Waals surface area contributed by atoms with Gasteiger partial charge in [0.25, 0.3) is 0 Å². The second-order valence-electron chi connectivity index (χ2n) is 5.46. The Balaban J connectivity index is 1.78. The van der Waals surface area contributed by atoms with Crippen LogP contribution < -0.4 is 16.0 Å². The van der Waals surface area contributed by atoms with Crippen LogP contribution in [0.2, 0.25) is 0 Å². The highest BCUT2D eigenvalue weighted by Gasteiger charge is 2.17. The fourth-order valence-corrected chi connectivity index (χ4v) is 2.72. The molecule has 0 fully saturated rings. The van der Waals surface area contributed by atoms with E-state index in [1.807, 2.05) is 0 Å². The molecule has 1 atom stereocenters. The van der Waals surface area contributed by atoms with Gasteiger partial charge in [0.1, 0.15) is 0 Å². The molecular formula is C18H21N3. The SMILES string of the molecule is NC1=C[C@H](CN(Cc2ccccc2)c2ccccc2)CN1. The Morgan fingerprint density at radius 2 is 1.67 bits per heavy atom. The van der Waals surface area contributed by atoms with E-state index in [2.05, 4.69) is 77.0 Å². The molecule has 3 rings (SSSR count). The summed E-state index contributed by atoms with van der Waals surface area (Å²) in [4.78, 5) is 2.41. The number of hydrogen-bond donors (Lipinski definition) is 2. The van der Waals surface area contributed by atoms with Crippen molar-refractivity contribution in [3.8, 4) is 0 Å². The van der Waals surface area contributed by atoms with E-state index in [4.69, 9.17) is 5.73 Å². The van der Waals surface area contributed by atoms with Gasteiger partial charge in [0.2, 0.25) is 0 Å². The fraction of sp³-hybridized carbons (Fsp3) is 0.222. The van der Waals surface area contributed by atoms with Crippen molar-refractivity contribution in [1.29, 1.82) is 0 Å². The highest BCUT2D eigenvalue weighted by Crippen LogP contribution is 2.20. The number of para-hydroxylation sites is 1. The third-order valence-electron chi connectivity index (χ3n) is 3.78. The van der Waals surface area contributed by atoms with Gasteiger partial charge in [-0.2, -0.15) is 0 Å². The van der Waals surface area contributed by atoms with Crippen LogP contribution in [0, 0.1) is 5.92 Å². The summed E-state index contributed by atoms with van der Waals surface area (Å²) in [5.41, 5.74) is 8.40. The van der Waals surface area contributed by atoms with Crippen LogP contribution in [0.3, 0.4) is 0 Å². The smallest absolute Gasteiger partial charge is 0.0923 e. The van der Waals surface area contributed by atoms with Crippen molar-refractivity contribution >= 4 is 5.69 Å². The van der Waals surface area contributed by atoms with Gasteiger partial charge in [-0.25, -0.2) is 0 Å². The lowest BCUT2D eigenvalue weighted by Crippen LogP contribution is -2.30. The average Bonchev–Trinajstić information content (AvgIpc) is 2.94. The summed E-state index contributed by atoms with van der Waals surface area (Å²) in [5, 5.41) is 3.20. The van der Waals surface area contributed by atoms with Crippen molar-refractivity contribution in [2.24, 2.45) is 11.7 Å². The van der Waals surface area contributed by atoms with Gasteiger partial charge in [-0.15, -0.1) is 0 Å². The summed E-state index contributed by atoms with van der Waals surface area (Å²) in [6, 6.07) is 21.1. The Labute approximate surface area is 126 Å². The maximum Gasteiger partial charge on any atom is 0.0923 e. The van der Waals surface area contributed by atoms with Crippen molar-refractivity contribution < 1.29 is 0 Å². The molecule has 0 amide bonds. The molecule has 2 aromatic rings. The van der Waals surface area contributed by atoms with Crippen LogP contribution in [0.25, 0.3) is 0 Å². The second-order valence-corrected chi connectivity index (χ2v) is 5.46. The Bertz CT molecular complexity index is 592. The number of anilines is 1. The topological polar surface area (TPSA) is 41.3 Å². The summed E-state index contributed by atoms with van der Waals surface area (Å²) >= 11 is 0. The molecular weight excluding hydrogens is 258 g/mol. The molecule has 2 aromatic carbocycles. The Morgan fingerprint density at radius 3 is 2.29 bits per heavy atom. The number of benzene rings is 2. The Morgan fingerprint density at radius 1 is 1.00 bits per heavy atom. The first-order valence-corrected chi connectivity index (χ1v) is 7.36. The lowest BCUT2D eigenvalue weighted by molar-refractivity contribution is 0.615. The third-order valence-corrected chi connectivity index (χ3v) is 3.78. The molecule has 21 heavy (non-hydrogen) atoms. The van der Waals surface area contributed by atoms with Crippen molar-refractivity contribution in [2.75, 3.05) is 18.0 Å². The first-order chi connectivity index (χ1) is 10.3. The van der Waals surface area contributed by atoms with Crippen molar-refractivity contribution in [3.05, 3.63) is 78.1 Å². The number of rotatable bonds is 5. The zero-order valence-electron chi connectivity index (χ0n) is 12.1. The first-order valence-electron chi connectivity index (χ1n) is 7.36. The highest BCUT2D eigenvalue weighted by molar-refractivity contribution is 5.47. The fourth-order valence-electron chi connectivity index (χ4n) is 2.72. The van der Waals surface area contributed by atoms with Gasteiger partial charge >= 0.3 is 0 Å². The summed E-state index contributed by atoms with van der Waals surface area (Å²) in [6.45, 7) is 2.80. The van der Waals surface area contributed by atoms with Gasteiger partial charge in [-0.1, -0.05) is 48.5 Å². The van der Waals surface area contributed by atoms with E-state index in [0.717, 1.165) is 25.5 Å². The average molecular weight is 279 g/mol. The molecule has 0 aliphatic carbocycles. The summed E-state index contributed by atoms with van der Waals surface area (Å²) in [7, 11) is 0. The van der Waals surface area contributed by atoms with Crippen LogP contribution in [-0.2, 0) is 6.54 Å². The molecule has 3 heteroatoms. The minimum absolute atomic E-state index is 0.453. The van der Waals surface area contributed by atoms with Crippen LogP contribution in [0.15, 0.2) is 72.6 Å². The van der Waals surface area contributed by atoms with Gasteiger partial charge in [-0.05, 0) is 23.8 Å². The van der Waals surface area contributed by atoms with Crippen molar-refractivity contribution in [3.63, 3.8) is 0 Å². The largest absolute Gasteiger partial charge is 0.386 e. The zero-order chi connectivity index (χ0) is 14.5. The van der Waals surface area contributed by atoms with E-state index in [1.54, 1.807) is 0 Å². The van der Waals surface area contributed by atoms with E-state index < -0.39 is 0 Å². The second kappa shape index (κ2) is 6.35. The Hall–Kier alpha value is -2.42. The first kappa shape index (κ1) is 13.6. The lowest BCUT2D eigenvalue weighted by Gasteiger charge is -2.27. The lowest BCUT2D eigenvalue weighted by atomic mass is 10.1. The number of hydrogen-bond acceptors (Lipinski definition) is 3. The maximum absolute atomic E-state index is 5.82. The molecule has 0 aromatic heterocycles. The molecule has 0 spiro atoms. The predicted octanol–water partition coefficient (Wildman–Crippen LogP) is 2.71. The van der Waals surface area contributed by atoms with Crippen molar-refractivity contribution in [2.45, 2.75) is 6.54 Å². The minimum atomic E-state index is 0.453. The minimum Gasteiger partial charge on any atom is -0.386 e. The van der Waals surface area contributed by atoms with E-state index >= 15 is 0 Å². The highest BCUT2D eigenvalue weighted by atomic mass is 15.1. The van der Waals surface area contributed by atoms with Gasteiger partial charge < -0.3 is 16.0 Å². The summed E-state index contributed by atoms with van der Waals surface area (Å²) in [5.74, 6) is 1.25. The molecule has 0 saturated carbocycles. The Kier molecular flexibility index (Phi) is 4.10. The molecule has 1 heterocycles. The molecule has 108 valence electrons. The molecule has 3 N–H and O–H groups in total. The predicted molar refractivity (Wildman–Crippen MR) is 87.7 cm³/mol. The molecule has 1 aliphatic rings. The molecule has 0 radical (unpaired) electrons. The van der Waals surface area contributed by atoms with E-state index in [-0.39, 0.29) is 0 Å². The van der Waals surface area contributed by atoms with Crippen LogP contribution in [0.1, 0.15) is 5.56 Å². The van der Waals surface area contributed by atoms with Gasteiger partial charge in [0, 0.05) is 31.2 Å². The van der Waals surface area contributed by atoms with Crippen LogP contribution >= 0.6 is 0 Å². The van der Waals surface area contributed by atoms with Crippen LogP contribution in [-0.4, -0.2) is 13.1 Å². The number of nitrogens with two attached hydrogens (primary N) is 1. The summed E-state index contributed by atoms with van der Waals surface area (Å²) < 4.78 is 0. The molecule has 3 nitrogen and oxygen atoms in total. The normalized spacial score (nSPS) is 17.1. The molecule has 0 bridgehead atoms. The van der Waals surface area contributed by atoms with E-state index in [9.17, 15) is 0 Å². The van der Waals surface area contributed by atoms with Crippen LogP contribution in [0.4, 0.5) is 5.69 Å². The van der Waals surface area contributed by atoms with Crippen molar-refractivity contribution in [1.82, 2.24) is 5.32 Å². The molecule has 0 saturated heterocycles. The molecule has 1 aliphatic heterocycles. The quantitative estimate of drug-likeness (QED) is 0.884. The van der Waals surface area contributed by atoms with Gasteiger partial charge in [-0.3, -0.25) is 0 Å². The van der Waals surface area contributed by atoms with Gasteiger partial charge in [0.05, 0.1) is 5.82 Å². The number of nitrogens with one attached hydrogen (secondary N) is 1. The third kappa shape index (κ3) is 3.57. The zero-order valence-corrected chi connectivity index (χ0v) is 12.1. The van der Waals surface area contributed by atoms with E-state index in [0.29, 0.717) is 5.92 Å². The van der Waals surface area contributed by atoms with Crippen LogP contribution in [0.5, 0.6) is 0 Å². The van der Waals surface area contributed by atoms with Gasteiger partial charge in [0.15, 0.2) is 0 Å². The molecule has 0 unspecified atom stereocenters. The summed E-state index contributed by atoms with van der Waals surface area (Å²) in [6.07, 6.45) is 2.13. The monoisotopic (exact) mass is 279 g/mol.